The maximum atomic E-state index is 13.2. The van der Waals surface area contributed by atoms with E-state index in [1.165, 1.54) is 23.4 Å². The second kappa shape index (κ2) is 3.66. The first kappa shape index (κ1) is 12.8. The van der Waals surface area contributed by atoms with Crippen LogP contribution in [-0.2, 0) is 0 Å². The first-order valence-electron chi connectivity index (χ1n) is 4.30. The van der Waals surface area contributed by atoms with Crippen molar-refractivity contribution >= 4 is 23.2 Å². The van der Waals surface area contributed by atoms with Crippen molar-refractivity contribution in [3.63, 3.8) is 0 Å². The van der Waals surface area contributed by atoms with Gasteiger partial charge in [0.05, 0.1) is 0 Å². The summed E-state index contributed by atoms with van der Waals surface area (Å²) in [5.41, 5.74) is 0. The van der Waals surface area contributed by atoms with Crippen LogP contribution in [0.2, 0.25) is 0 Å². The zero-order valence-electron chi connectivity index (χ0n) is 8.50. The molecule has 5 nitrogen and oxygen atoms in total. The molecule has 0 aliphatic carbocycles. The fraction of sp³-hybridized carbons (Fsp3) is 1.00. The Morgan fingerprint density at radius 1 is 0.812 bits per heavy atom. The van der Waals surface area contributed by atoms with Gasteiger partial charge in [0.2, 0.25) is 7.51 Å². The van der Waals surface area contributed by atoms with Crippen LogP contribution < -0.4 is 0 Å². The van der Waals surface area contributed by atoms with Crippen LogP contribution in [0.5, 0.6) is 0 Å². The lowest BCUT2D eigenvalue weighted by Gasteiger charge is -2.29. The zero-order chi connectivity index (χ0) is 12.2. The predicted octanol–water partition coefficient (Wildman–Crippen LogP) is 4.59. The van der Waals surface area contributed by atoms with Crippen molar-refractivity contribution in [3.05, 3.63) is 0 Å². The number of likely N-dealkylation sites (N-methyl/N-ethyl adjacent to an activating group) is 2. The topological polar surface area (TPSA) is 43.6 Å². The number of hydrogen-bond donors (Lipinski definition) is 0. The molecule has 0 N–H and O–H groups in total. The van der Waals surface area contributed by atoms with Gasteiger partial charge in [-0.15, -0.1) is 21.3 Å². The van der Waals surface area contributed by atoms with E-state index in [2.05, 4.69) is 13.5 Å². The van der Waals surface area contributed by atoms with E-state index >= 15 is 0 Å². The van der Waals surface area contributed by atoms with Gasteiger partial charge in [-0.1, -0.05) is 0 Å². The summed E-state index contributed by atoms with van der Waals surface area (Å²) >= 11 is 0. The molecule has 1 spiro atoms. The third-order valence-corrected chi connectivity index (χ3v) is 9.93. The van der Waals surface area contributed by atoms with Crippen LogP contribution in [0.1, 0.15) is 0 Å². The minimum atomic E-state index is -5.23. The fourth-order valence-electron chi connectivity index (χ4n) is 1.56. The van der Waals surface area contributed by atoms with E-state index in [0.29, 0.717) is 13.1 Å². The molecule has 16 heavy (non-hydrogen) atoms. The molecule has 2 heterocycles. The van der Waals surface area contributed by atoms with Crippen molar-refractivity contribution in [1.29, 1.82) is 0 Å². The first-order valence-corrected chi connectivity index (χ1v) is 8.86. The molecule has 2 rings (SSSR count). The number of rotatable bonds is 0. The molecule has 0 saturated carbocycles. The summed E-state index contributed by atoms with van der Waals surface area (Å²) in [6, 6.07) is 0. The number of nitrogens with zero attached hydrogens (tertiary/aromatic N) is 5. The molecule has 0 amide bonds. The second-order valence-electron chi connectivity index (χ2n) is 3.48. The first-order chi connectivity index (χ1) is 7.17. The lowest BCUT2D eigenvalue weighted by atomic mass is 10.6. The molecule has 0 unspecified atom stereocenters. The van der Waals surface area contributed by atoms with Crippen LogP contribution in [0.25, 0.3) is 0 Å². The van der Waals surface area contributed by atoms with E-state index in [1.807, 2.05) is 0 Å². The Labute approximate surface area is 90.7 Å². The highest BCUT2D eigenvalue weighted by Crippen LogP contribution is 2.82. The van der Waals surface area contributed by atoms with Gasteiger partial charge in [0, 0.05) is 13.1 Å². The van der Waals surface area contributed by atoms with Crippen molar-refractivity contribution in [2.45, 2.75) is 0 Å². The summed E-state index contributed by atoms with van der Waals surface area (Å²) in [6.45, 7) is 0.828. The van der Waals surface area contributed by atoms with Gasteiger partial charge >= 0.3 is 15.7 Å². The Morgan fingerprint density at radius 3 is 1.69 bits per heavy atom. The average molecular weight is 297 g/mol. The summed E-state index contributed by atoms with van der Waals surface area (Å²) in [7, 11) is -10.7. The summed E-state index contributed by atoms with van der Waals surface area (Å²) < 4.78 is 64.3. The molecule has 0 bridgehead atoms. The molecule has 0 aromatic heterocycles. The predicted molar refractivity (Wildman–Crippen MR) is 57.7 cm³/mol. The van der Waals surface area contributed by atoms with Crippen molar-refractivity contribution in [2.24, 2.45) is 13.5 Å². The molecule has 2 aliphatic heterocycles. The molecule has 94 valence electrons. The highest BCUT2D eigenvalue weighted by molar-refractivity contribution is 7.79. The molecule has 1 saturated heterocycles. The van der Waals surface area contributed by atoms with E-state index in [4.69, 9.17) is 0 Å². The minimum Gasteiger partial charge on any atom is -0.241 e. The van der Waals surface area contributed by atoms with Crippen molar-refractivity contribution in [2.75, 3.05) is 27.2 Å². The van der Waals surface area contributed by atoms with Crippen LogP contribution >= 0.6 is 23.2 Å². The van der Waals surface area contributed by atoms with E-state index in [1.54, 1.807) is 0 Å². The molecular weight excluding hydrogens is 287 g/mol. The SMILES string of the molecule is CN1CCN(C)P12=NP(F)(F)=NP(F)(F)=N2. The molecule has 2 aliphatic rings. The quantitative estimate of drug-likeness (QED) is 0.484. The Hall–Kier alpha value is 0.330. The molecular formula is C4H10F4N5P3. The molecule has 0 radical (unpaired) electrons. The smallest absolute Gasteiger partial charge is 0.241 e. The number of halogens is 4. The van der Waals surface area contributed by atoms with Crippen molar-refractivity contribution < 1.29 is 16.8 Å². The lowest BCUT2D eigenvalue weighted by molar-refractivity contribution is 0.553. The molecule has 1 fully saturated rings. The maximum absolute atomic E-state index is 13.2. The highest BCUT2D eigenvalue weighted by atomic mass is 31.3. The second-order valence-corrected chi connectivity index (χ2v) is 9.89. The summed E-state index contributed by atoms with van der Waals surface area (Å²) in [4.78, 5) is 0. The largest absolute Gasteiger partial charge is 0.423 e. The van der Waals surface area contributed by atoms with E-state index in [-0.39, 0.29) is 0 Å². The Morgan fingerprint density at radius 2 is 1.25 bits per heavy atom. The fourth-order valence-corrected chi connectivity index (χ4v) is 9.73. The Bertz CT molecular complexity index is 455. The van der Waals surface area contributed by atoms with Gasteiger partial charge < -0.3 is 0 Å². The summed E-state index contributed by atoms with van der Waals surface area (Å²) in [6.07, 6.45) is 0. The van der Waals surface area contributed by atoms with Crippen molar-refractivity contribution in [1.82, 2.24) is 9.34 Å². The Balaban J connectivity index is 2.72. The van der Waals surface area contributed by atoms with Gasteiger partial charge in [-0.25, -0.2) is 9.34 Å². The maximum Gasteiger partial charge on any atom is 0.423 e. The molecule has 0 atom stereocenters. The summed E-state index contributed by atoms with van der Waals surface area (Å²) in [5, 5.41) is 0. The Kier molecular flexibility index (Phi) is 2.92. The van der Waals surface area contributed by atoms with E-state index < -0.39 is 23.2 Å². The van der Waals surface area contributed by atoms with Gasteiger partial charge in [-0.05, 0) is 14.1 Å². The van der Waals surface area contributed by atoms with Gasteiger partial charge in [0.25, 0.3) is 0 Å². The minimum absolute atomic E-state index is 0.414. The normalized spacial score (nSPS) is 31.9. The monoisotopic (exact) mass is 297 g/mol. The van der Waals surface area contributed by atoms with Crippen LogP contribution in [0, 0.1) is 0 Å². The highest BCUT2D eigenvalue weighted by Gasteiger charge is 2.45. The zero-order valence-corrected chi connectivity index (χ0v) is 11.2. The molecule has 12 heteroatoms. The van der Waals surface area contributed by atoms with Gasteiger partial charge in [-0.3, -0.25) is 0 Å². The van der Waals surface area contributed by atoms with Crippen molar-refractivity contribution in [3.8, 4) is 0 Å². The lowest BCUT2D eigenvalue weighted by Crippen LogP contribution is -2.11. The van der Waals surface area contributed by atoms with Crippen LogP contribution in [0.15, 0.2) is 13.5 Å². The van der Waals surface area contributed by atoms with Gasteiger partial charge in [0.15, 0.2) is 0 Å². The van der Waals surface area contributed by atoms with E-state index in [9.17, 15) is 16.8 Å². The van der Waals surface area contributed by atoms with Crippen LogP contribution in [0.4, 0.5) is 16.8 Å². The number of hydrogen-bond acceptors (Lipinski definition) is 5. The summed E-state index contributed by atoms with van der Waals surface area (Å²) in [5.74, 6) is 0. The van der Waals surface area contributed by atoms with Crippen LogP contribution in [-0.4, -0.2) is 36.5 Å². The standard InChI is InChI=1S/C4H10F4N5P3/c1-12-3-4-13(2)16(12)10-14(5,6)9-15(7,8)11-16/h3-4H2,1-2H3. The van der Waals surface area contributed by atoms with Crippen LogP contribution in [0.3, 0.4) is 0 Å². The third-order valence-electron chi connectivity index (χ3n) is 2.33. The molecule has 0 aromatic rings. The average Bonchev–Trinajstić information content (AvgIpc) is 2.28. The van der Waals surface area contributed by atoms with Gasteiger partial charge in [-0.2, -0.15) is 9.03 Å². The van der Waals surface area contributed by atoms with E-state index in [0.717, 1.165) is 0 Å². The molecule has 0 aromatic carbocycles. The third kappa shape index (κ3) is 2.04. The van der Waals surface area contributed by atoms with Gasteiger partial charge in [0.1, 0.15) is 0 Å².